The first kappa shape index (κ1) is 24.8. The molecule has 3 aromatic rings. The molecule has 6 rings (SSSR count). The smallest absolute Gasteiger partial charge is 0.312 e. The second kappa shape index (κ2) is 10.3. The molecule has 2 fully saturated rings. The largest absolute Gasteiger partial charge is 0.329 e. The van der Waals surface area contributed by atoms with Gasteiger partial charge in [-0.3, -0.25) is 19.9 Å². The Bertz CT molecular complexity index is 1340. The van der Waals surface area contributed by atoms with Gasteiger partial charge < -0.3 is 4.57 Å². The molecule has 1 unspecified atom stereocenters. The van der Waals surface area contributed by atoms with Crippen molar-refractivity contribution >= 4 is 17.8 Å². The number of carbonyl (C=O) groups is 2. The predicted octanol–water partition coefficient (Wildman–Crippen LogP) is 5.13. The first-order valence-corrected chi connectivity index (χ1v) is 13.9. The molecule has 2 aliphatic heterocycles. The highest BCUT2D eigenvalue weighted by Gasteiger charge is 2.30. The van der Waals surface area contributed by atoms with Crippen LogP contribution in [0.4, 0.5) is 10.6 Å². The number of pyridine rings is 1. The fourth-order valence-corrected chi connectivity index (χ4v) is 6.26. The monoisotopic (exact) mass is 512 g/mol. The van der Waals surface area contributed by atoms with E-state index in [9.17, 15) is 9.59 Å². The van der Waals surface area contributed by atoms with Gasteiger partial charge in [0.1, 0.15) is 11.5 Å². The maximum Gasteiger partial charge on any atom is 0.329 e. The fraction of sp³-hybridized carbons (Fsp3) is 0.467. The van der Waals surface area contributed by atoms with Gasteiger partial charge in [-0.25, -0.2) is 14.8 Å². The molecule has 198 valence electrons. The zero-order valence-electron chi connectivity index (χ0n) is 22.3. The standard InChI is InChI=1S/C30H36N6O2/c1-20-28-24(19-35(20)18-23-10-8-22(9-11-23)16-21-6-4-3-5-7-21)12-13-25(32-28)29-31-17-27(34(29)2)36-15-14-26(37)33-30(36)38/h8-13,17,20-21H,3-7,14-16,18-19H2,1-2H3,(H,33,37,38). The molecular weight excluding hydrogens is 476 g/mol. The van der Waals surface area contributed by atoms with Crippen LogP contribution in [0.3, 0.4) is 0 Å². The second-order valence-electron chi connectivity index (χ2n) is 11.1. The Hall–Kier alpha value is -3.52. The van der Waals surface area contributed by atoms with Crippen LogP contribution in [0.2, 0.25) is 0 Å². The summed E-state index contributed by atoms with van der Waals surface area (Å²) in [7, 11) is 1.88. The van der Waals surface area contributed by atoms with E-state index in [1.807, 2.05) is 17.7 Å². The lowest BCUT2D eigenvalue weighted by molar-refractivity contribution is -0.120. The number of benzene rings is 1. The van der Waals surface area contributed by atoms with Gasteiger partial charge in [-0.2, -0.15) is 0 Å². The number of nitrogens with one attached hydrogen (secondary N) is 1. The molecule has 1 saturated heterocycles. The van der Waals surface area contributed by atoms with E-state index < -0.39 is 6.03 Å². The van der Waals surface area contributed by atoms with E-state index in [0.29, 0.717) is 18.2 Å². The molecular formula is C30H36N6O2. The molecule has 1 atom stereocenters. The van der Waals surface area contributed by atoms with Crippen molar-refractivity contribution in [2.75, 3.05) is 11.4 Å². The molecule has 8 heteroatoms. The summed E-state index contributed by atoms with van der Waals surface area (Å²) in [5, 5.41) is 2.38. The number of fused-ring (bicyclic) bond motifs is 1. The molecule has 2 aromatic heterocycles. The number of carbonyl (C=O) groups excluding carboxylic acids is 2. The summed E-state index contributed by atoms with van der Waals surface area (Å²) < 4.78 is 1.87. The third kappa shape index (κ3) is 4.85. The number of aromatic nitrogens is 3. The zero-order chi connectivity index (χ0) is 26.2. The third-order valence-electron chi connectivity index (χ3n) is 8.51. The lowest BCUT2D eigenvalue weighted by atomic mass is 9.85. The summed E-state index contributed by atoms with van der Waals surface area (Å²) in [6, 6.07) is 13.2. The van der Waals surface area contributed by atoms with Crippen molar-refractivity contribution in [1.82, 2.24) is 24.8 Å². The highest BCUT2D eigenvalue weighted by atomic mass is 16.2. The van der Waals surface area contributed by atoms with Crippen molar-refractivity contribution in [2.24, 2.45) is 13.0 Å². The molecule has 3 amide bonds. The summed E-state index contributed by atoms with van der Waals surface area (Å²) in [4.78, 5) is 37.5. The molecule has 0 bridgehead atoms. The number of urea groups is 1. The fourth-order valence-electron chi connectivity index (χ4n) is 6.26. The van der Waals surface area contributed by atoms with Crippen molar-refractivity contribution in [1.29, 1.82) is 0 Å². The van der Waals surface area contributed by atoms with Gasteiger partial charge >= 0.3 is 6.03 Å². The molecule has 8 nitrogen and oxygen atoms in total. The maximum atomic E-state index is 12.3. The van der Waals surface area contributed by atoms with Gasteiger partial charge in [0.15, 0.2) is 5.82 Å². The summed E-state index contributed by atoms with van der Waals surface area (Å²) in [5.41, 5.74) is 5.92. The summed E-state index contributed by atoms with van der Waals surface area (Å²) in [6.45, 7) is 4.33. The molecule has 0 spiro atoms. The normalized spacial score (nSPS) is 20.6. The van der Waals surface area contributed by atoms with Crippen LogP contribution >= 0.6 is 0 Å². The average molecular weight is 513 g/mol. The van der Waals surface area contributed by atoms with Crippen LogP contribution in [0.5, 0.6) is 0 Å². The molecule has 4 heterocycles. The summed E-state index contributed by atoms with van der Waals surface area (Å²) in [5.74, 6) is 1.96. The van der Waals surface area contributed by atoms with Gasteiger partial charge in [0.25, 0.3) is 0 Å². The lowest BCUT2D eigenvalue weighted by Gasteiger charge is -2.26. The van der Waals surface area contributed by atoms with Crippen LogP contribution in [0.1, 0.15) is 73.9 Å². The van der Waals surface area contributed by atoms with E-state index in [1.54, 1.807) is 11.1 Å². The summed E-state index contributed by atoms with van der Waals surface area (Å²) >= 11 is 0. The van der Waals surface area contributed by atoms with Crippen LogP contribution in [-0.4, -0.2) is 37.9 Å². The lowest BCUT2D eigenvalue weighted by Crippen LogP contribution is -2.50. The Morgan fingerprint density at radius 2 is 1.76 bits per heavy atom. The quantitative estimate of drug-likeness (QED) is 0.495. The average Bonchev–Trinajstić information content (AvgIpc) is 3.45. The minimum Gasteiger partial charge on any atom is -0.312 e. The Morgan fingerprint density at radius 3 is 2.53 bits per heavy atom. The Balaban J connectivity index is 1.14. The van der Waals surface area contributed by atoms with E-state index in [2.05, 4.69) is 52.5 Å². The van der Waals surface area contributed by atoms with Gasteiger partial charge in [0, 0.05) is 33.1 Å². The molecule has 3 aliphatic rings. The zero-order valence-corrected chi connectivity index (χ0v) is 22.3. The van der Waals surface area contributed by atoms with E-state index in [1.165, 1.54) is 55.2 Å². The van der Waals surface area contributed by atoms with Gasteiger partial charge in [-0.15, -0.1) is 0 Å². The highest BCUT2D eigenvalue weighted by Crippen LogP contribution is 2.35. The van der Waals surface area contributed by atoms with Crippen molar-refractivity contribution in [3.8, 4) is 11.5 Å². The maximum absolute atomic E-state index is 12.3. The first-order valence-electron chi connectivity index (χ1n) is 13.9. The van der Waals surface area contributed by atoms with E-state index in [-0.39, 0.29) is 18.4 Å². The van der Waals surface area contributed by atoms with Crippen molar-refractivity contribution < 1.29 is 9.59 Å². The minimum atomic E-state index is -0.413. The van der Waals surface area contributed by atoms with Crippen LogP contribution < -0.4 is 10.2 Å². The Labute approximate surface area is 224 Å². The summed E-state index contributed by atoms with van der Waals surface area (Å²) in [6.07, 6.45) is 10.1. The number of nitrogens with zero attached hydrogens (tertiary/aromatic N) is 5. The molecule has 1 aromatic carbocycles. The SMILES string of the molecule is CC1c2nc(-c3ncc(N4CCC(=O)NC4=O)n3C)ccc2CN1Cc1ccc(CC2CCCCC2)cc1. The number of imidazole rings is 1. The van der Waals surface area contributed by atoms with Crippen molar-refractivity contribution in [3.05, 3.63) is 65.0 Å². The molecule has 38 heavy (non-hydrogen) atoms. The van der Waals surface area contributed by atoms with Gasteiger partial charge in [-0.05, 0) is 42.0 Å². The predicted molar refractivity (Wildman–Crippen MR) is 146 cm³/mol. The van der Waals surface area contributed by atoms with E-state index >= 15 is 0 Å². The number of anilines is 1. The highest BCUT2D eigenvalue weighted by molar-refractivity contribution is 6.05. The van der Waals surface area contributed by atoms with Crippen LogP contribution in [-0.2, 0) is 31.4 Å². The van der Waals surface area contributed by atoms with Crippen LogP contribution in [0, 0.1) is 5.92 Å². The second-order valence-corrected chi connectivity index (χ2v) is 11.1. The van der Waals surface area contributed by atoms with E-state index in [4.69, 9.17) is 4.98 Å². The first-order chi connectivity index (χ1) is 18.5. The number of rotatable bonds is 6. The number of hydrogen-bond donors (Lipinski definition) is 1. The number of hydrogen-bond acceptors (Lipinski definition) is 5. The Kier molecular flexibility index (Phi) is 6.74. The molecule has 1 saturated carbocycles. The van der Waals surface area contributed by atoms with Gasteiger partial charge in [0.2, 0.25) is 5.91 Å². The minimum absolute atomic E-state index is 0.200. The topological polar surface area (TPSA) is 83.4 Å². The van der Waals surface area contributed by atoms with Crippen molar-refractivity contribution in [3.63, 3.8) is 0 Å². The van der Waals surface area contributed by atoms with E-state index in [0.717, 1.165) is 30.4 Å². The van der Waals surface area contributed by atoms with Crippen molar-refractivity contribution in [2.45, 2.75) is 71.0 Å². The van der Waals surface area contributed by atoms with Gasteiger partial charge in [-0.1, -0.05) is 62.4 Å². The third-order valence-corrected chi connectivity index (χ3v) is 8.51. The van der Waals surface area contributed by atoms with Crippen LogP contribution in [0.25, 0.3) is 11.5 Å². The number of amides is 3. The van der Waals surface area contributed by atoms with Crippen LogP contribution in [0.15, 0.2) is 42.6 Å². The van der Waals surface area contributed by atoms with Gasteiger partial charge in [0.05, 0.1) is 17.9 Å². The number of imide groups is 1. The molecule has 1 N–H and O–H groups in total. The molecule has 0 radical (unpaired) electrons. The Morgan fingerprint density at radius 1 is 1.00 bits per heavy atom. The molecule has 1 aliphatic carbocycles.